The molecule has 0 saturated heterocycles. The number of hydrogen-bond donors (Lipinski definition) is 2. The molecule has 1 heterocycles. The minimum atomic E-state index is 0.100. The molecule has 0 fully saturated rings. The Morgan fingerprint density at radius 2 is 1.81 bits per heavy atom. The van der Waals surface area contributed by atoms with E-state index < -0.39 is 0 Å². The molecular formula is C21H23ClN4O. The smallest absolute Gasteiger partial charge is 0.224 e. The summed E-state index contributed by atoms with van der Waals surface area (Å²) in [7, 11) is 0. The lowest BCUT2D eigenvalue weighted by molar-refractivity contribution is 0.244. The average molecular weight is 383 g/mol. The van der Waals surface area contributed by atoms with Gasteiger partial charge >= 0.3 is 0 Å². The Balaban J connectivity index is 1.61. The number of anilines is 3. The fourth-order valence-electron chi connectivity index (χ4n) is 2.55. The van der Waals surface area contributed by atoms with Crippen LogP contribution in [-0.2, 0) is 6.42 Å². The molecule has 0 aliphatic carbocycles. The molecule has 3 rings (SSSR count). The first-order chi connectivity index (χ1) is 13.1. The van der Waals surface area contributed by atoms with Gasteiger partial charge in [0, 0.05) is 17.8 Å². The summed E-state index contributed by atoms with van der Waals surface area (Å²) >= 11 is 5.91. The van der Waals surface area contributed by atoms with Crippen LogP contribution in [0.25, 0.3) is 0 Å². The summed E-state index contributed by atoms with van der Waals surface area (Å²) < 4.78 is 5.84. The van der Waals surface area contributed by atoms with Gasteiger partial charge in [-0.2, -0.15) is 4.98 Å². The van der Waals surface area contributed by atoms with Gasteiger partial charge in [-0.15, -0.1) is 0 Å². The quantitative estimate of drug-likeness (QED) is 0.552. The van der Waals surface area contributed by atoms with Gasteiger partial charge in [0.1, 0.15) is 11.6 Å². The van der Waals surface area contributed by atoms with Crippen molar-refractivity contribution >= 4 is 29.1 Å². The highest BCUT2D eigenvalue weighted by molar-refractivity contribution is 6.30. The average Bonchev–Trinajstić information content (AvgIpc) is 2.65. The van der Waals surface area contributed by atoms with E-state index in [9.17, 15) is 0 Å². The van der Waals surface area contributed by atoms with Gasteiger partial charge in [0.2, 0.25) is 5.95 Å². The fraction of sp³-hybridized carbons (Fsp3) is 0.238. The molecule has 0 amide bonds. The van der Waals surface area contributed by atoms with Gasteiger partial charge in [0.25, 0.3) is 0 Å². The summed E-state index contributed by atoms with van der Waals surface area (Å²) in [6.07, 6.45) is 2.69. The van der Waals surface area contributed by atoms with Crippen LogP contribution < -0.4 is 15.4 Å². The molecule has 0 aliphatic rings. The predicted octanol–water partition coefficient (Wildman–Crippen LogP) is 5.32. The van der Waals surface area contributed by atoms with Crippen molar-refractivity contribution < 1.29 is 4.74 Å². The SMILES string of the molecule is CC(C)Oc1ccccc1Nc1ccnc(NCCc2ccc(Cl)cc2)n1. The number of rotatable bonds is 8. The van der Waals surface area contributed by atoms with E-state index in [0.29, 0.717) is 11.8 Å². The highest BCUT2D eigenvalue weighted by Gasteiger charge is 2.07. The number of aromatic nitrogens is 2. The topological polar surface area (TPSA) is 59.1 Å². The first-order valence-corrected chi connectivity index (χ1v) is 9.32. The molecule has 0 atom stereocenters. The molecule has 0 aliphatic heterocycles. The first-order valence-electron chi connectivity index (χ1n) is 8.94. The summed E-state index contributed by atoms with van der Waals surface area (Å²) in [4.78, 5) is 8.81. The zero-order chi connectivity index (χ0) is 19.1. The van der Waals surface area contributed by atoms with Crippen molar-refractivity contribution in [1.82, 2.24) is 9.97 Å². The van der Waals surface area contributed by atoms with E-state index in [1.807, 2.05) is 68.4 Å². The third-order valence-corrected chi connectivity index (χ3v) is 4.03. The second-order valence-corrected chi connectivity index (χ2v) is 6.79. The Morgan fingerprint density at radius 1 is 1.04 bits per heavy atom. The van der Waals surface area contributed by atoms with Crippen LogP contribution in [-0.4, -0.2) is 22.6 Å². The van der Waals surface area contributed by atoms with Crippen LogP contribution >= 0.6 is 11.6 Å². The van der Waals surface area contributed by atoms with Gasteiger partial charge in [0.05, 0.1) is 11.8 Å². The lowest BCUT2D eigenvalue weighted by atomic mass is 10.1. The molecule has 6 heteroatoms. The number of hydrogen-bond acceptors (Lipinski definition) is 5. The van der Waals surface area contributed by atoms with Crippen molar-refractivity contribution in [2.75, 3.05) is 17.2 Å². The largest absolute Gasteiger partial charge is 0.489 e. The van der Waals surface area contributed by atoms with Crippen molar-refractivity contribution in [2.45, 2.75) is 26.4 Å². The number of para-hydroxylation sites is 2. The summed E-state index contributed by atoms with van der Waals surface area (Å²) in [6.45, 7) is 4.74. The van der Waals surface area contributed by atoms with Gasteiger partial charge in [-0.3, -0.25) is 0 Å². The summed E-state index contributed by atoms with van der Waals surface area (Å²) in [5.74, 6) is 2.08. The Bertz CT molecular complexity index is 868. The number of benzene rings is 2. The molecule has 2 aromatic carbocycles. The lowest BCUT2D eigenvalue weighted by Crippen LogP contribution is -2.09. The number of nitrogens with one attached hydrogen (secondary N) is 2. The molecule has 27 heavy (non-hydrogen) atoms. The summed E-state index contributed by atoms with van der Waals surface area (Å²) in [5.41, 5.74) is 2.08. The van der Waals surface area contributed by atoms with E-state index in [1.165, 1.54) is 5.56 Å². The standard InChI is InChI=1S/C21H23ClN4O/c1-15(2)27-19-6-4-3-5-18(19)25-20-12-14-24-21(26-20)23-13-11-16-7-9-17(22)10-8-16/h3-10,12,14-15H,11,13H2,1-2H3,(H2,23,24,25,26). The monoisotopic (exact) mass is 382 g/mol. The zero-order valence-corrected chi connectivity index (χ0v) is 16.2. The number of nitrogens with zero attached hydrogens (tertiary/aromatic N) is 2. The fourth-order valence-corrected chi connectivity index (χ4v) is 2.67. The van der Waals surface area contributed by atoms with E-state index in [4.69, 9.17) is 16.3 Å². The van der Waals surface area contributed by atoms with Gasteiger partial charge in [0.15, 0.2) is 0 Å². The third-order valence-electron chi connectivity index (χ3n) is 3.78. The highest BCUT2D eigenvalue weighted by Crippen LogP contribution is 2.27. The Hall–Kier alpha value is -2.79. The van der Waals surface area contributed by atoms with Crippen LogP contribution in [0.3, 0.4) is 0 Å². The Labute approximate surface area is 164 Å². The molecular weight excluding hydrogens is 360 g/mol. The predicted molar refractivity (Wildman–Crippen MR) is 111 cm³/mol. The van der Waals surface area contributed by atoms with Gasteiger partial charge in [-0.05, 0) is 56.2 Å². The normalized spacial score (nSPS) is 10.7. The molecule has 0 spiro atoms. The number of halogens is 1. The van der Waals surface area contributed by atoms with Crippen LogP contribution in [0.4, 0.5) is 17.5 Å². The Morgan fingerprint density at radius 3 is 2.59 bits per heavy atom. The van der Waals surface area contributed by atoms with E-state index in [2.05, 4.69) is 20.6 Å². The molecule has 0 saturated carbocycles. The van der Waals surface area contributed by atoms with Crippen LogP contribution in [0.15, 0.2) is 60.8 Å². The molecule has 140 valence electrons. The van der Waals surface area contributed by atoms with E-state index in [-0.39, 0.29) is 6.10 Å². The molecule has 2 N–H and O–H groups in total. The lowest BCUT2D eigenvalue weighted by Gasteiger charge is -2.15. The van der Waals surface area contributed by atoms with Crippen molar-refractivity contribution in [1.29, 1.82) is 0 Å². The summed E-state index contributed by atoms with van der Waals surface area (Å²) in [5, 5.41) is 7.30. The molecule has 5 nitrogen and oxygen atoms in total. The van der Waals surface area contributed by atoms with Crippen LogP contribution in [0.1, 0.15) is 19.4 Å². The van der Waals surface area contributed by atoms with E-state index in [1.54, 1.807) is 6.20 Å². The van der Waals surface area contributed by atoms with E-state index in [0.717, 1.165) is 29.4 Å². The van der Waals surface area contributed by atoms with Crippen LogP contribution in [0.2, 0.25) is 5.02 Å². The second kappa shape index (κ2) is 9.24. The minimum absolute atomic E-state index is 0.100. The third kappa shape index (κ3) is 5.86. The zero-order valence-electron chi connectivity index (χ0n) is 15.4. The second-order valence-electron chi connectivity index (χ2n) is 6.36. The molecule has 0 radical (unpaired) electrons. The molecule has 0 unspecified atom stereocenters. The maximum absolute atomic E-state index is 5.91. The highest BCUT2D eigenvalue weighted by atomic mass is 35.5. The van der Waals surface area contributed by atoms with Gasteiger partial charge in [-0.25, -0.2) is 4.98 Å². The van der Waals surface area contributed by atoms with Gasteiger partial charge in [-0.1, -0.05) is 35.9 Å². The molecule has 0 bridgehead atoms. The first kappa shape index (κ1) is 19.0. The van der Waals surface area contributed by atoms with Gasteiger partial charge < -0.3 is 15.4 Å². The van der Waals surface area contributed by atoms with Crippen molar-refractivity contribution in [2.24, 2.45) is 0 Å². The minimum Gasteiger partial charge on any atom is -0.489 e. The van der Waals surface area contributed by atoms with Crippen molar-refractivity contribution in [3.63, 3.8) is 0 Å². The Kier molecular flexibility index (Phi) is 6.49. The van der Waals surface area contributed by atoms with Crippen molar-refractivity contribution in [3.05, 3.63) is 71.4 Å². The van der Waals surface area contributed by atoms with E-state index >= 15 is 0 Å². The van der Waals surface area contributed by atoms with Crippen LogP contribution in [0, 0.1) is 0 Å². The maximum atomic E-state index is 5.91. The maximum Gasteiger partial charge on any atom is 0.224 e. The number of ether oxygens (including phenoxy) is 1. The van der Waals surface area contributed by atoms with Crippen LogP contribution in [0.5, 0.6) is 5.75 Å². The molecule has 3 aromatic rings. The summed E-state index contributed by atoms with van der Waals surface area (Å²) in [6, 6.07) is 17.5. The van der Waals surface area contributed by atoms with Crippen molar-refractivity contribution in [3.8, 4) is 5.75 Å². The molecule has 1 aromatic heterocycles.